The molecule has 0 aliphatic heterocycles. The third kappa shape index (κ3) is 13.5. The Morgan fingerprint density at radius 2 is 1.61 bits per heavy atom. The van der Waals surface area contributed by atoms with Gasteiger partial charge in [-0.1, -0.05) is 69.5 Å². The highest BCUT2D eigenvalue weighted by molar-refractivity contribution is 5.87. The van der Waals surface area contributed by atoms with Gasteiger partial charge in [0.25, 0.3) is 0 Å². The van der Waals surface area contributed by atoms with Crippen molar-refractivity contribution in [1.29, 1.82) is 0 Å². The summed E-state index contributed by atoms with van der Waals surface area (Å²) in [5, 5.41) is 0. The average Bonchev–Trinajstić information content (AvgIpc) is 2.71. The summed E-state index contributed by atoms with van der Waals surface area (Å²) in [5.74, 6) is -0.812. The largest absolute Gasteiger partial charge is 0.462 e. The highest BCUT2D eigenvalue weighted by Gasteiger charge is 2.08. The molecule has 1 aromatic rings. The molecule has 154 valence electrons. The fourth-order valence-electron chi connectivity index (χ4n) is 1.72. The summed E-state index contributed by atoms with van der Waals surface area (Å²) in [7, 11) is 0. The first-order valence-electron chi connectivity index (χ1n) is 9.35. The molecular formula is C23H32O5. The van der Waals surface area contributed by atoms with Crippen molar-refractivity contribution in [3.8, 4) is 0 Å². The normalized spacial score (nSPS) is 9.50. The van der Waals surface area contributed by atoms with Crippen molar-refractivity contribution >= 4 is 18.0 Å². The Hall–Kier alpha value is -2.66. The smallest absolute Gasteiger partial charge is 0.333 e. The van der Waals surface area contributed by atoms with Crippen molar-refractivity contribution in [3.05, 3.63) is 66.8 Å². The average molecular weight is 389 g/mol. The van der Waals surface area contributed by atoms with Crippen molar-refractivity contribution in [2.75, 3.05) is 26.4 Å². The summed E-state index contributed by atoms with van der Waals surface area (Å²) in [6.45, 7) is 15.6. The molecule has 28 heavy (non-hydrogen) atoms. The second-order valence-electron chi connectivity index (χ2n) is 5.99. The highest BCUT2D eigenvalue weighted by atomic mass is 16.6. The van der Waals surface area contributed by atoms with Gasteiger partial charge >= 0.3 is 11.9 Å². The van der Waals surface area contributed by atoms with E-state index in [1.54, 1.807) is 6.92 Å². The summed E-state index contributed by atoms with van der Waals surface area (Å²) in [6.07, 6.45) is 4.06. The number of ether oxygens (including phenoxy) is 3. The van der Waals surface area contributed by atoms with Crippen molar-refractivity contribution in [1.82, 2.24) is 0 Å². The van der Waals surface area contributed by atoms with E-state index in [2.05, 4.69) is 19.7 Å². The van der Waals surface area contributed by atoms with Crippen LogP contribution in [0, 0.1) is 0 Å². The van der Waals surface area contributed by atoms with Crippen molar-refractivity contribution in [2.24, 2.45) is 0 Å². The number of hydrogen-bond donors (Lipinski definition) is 0. The topological polar surface area (TPSA) is 61.8 Å². The van der Waals surface area contributed by atoms with Crippen LogP contribution in [-0.2, 0) is 23.8 Å². The van der Waals surface area contributed by atoms with Crippen LogP contribution in [0.25, 0.3) is 6.08 Å². The molecular weight excluding hydrogens is 356 g/mol. The zero-order chi connectivity index (χ0) is 21.2. The molecule has 5 heteroatoms. The first-order valence-corrected chi connectivity index (χ1v) is 9.35. The number of unbranched alkanes of at least 4 members (excludes halogenated alkanes) is 1. The van der Waals surface area contributed by atoms with Gasteiger partial charge in [0.1, 0.15) is 6.61 Å². The first-order chi connectivity index (χ1) is 13.4. The maximum absolute atomic E-state index is 11.4. The van der Waals surface area contributed by atoms with Crippen LogP contribution >= 0.6 is 0 Å². The zero-order valence-electron chi connectivity index (χ0n) is 17.1. The van der Waals surface area contributed by atoms with Crippen molar-refractivity contribution in [2.45, 2.75) is 33.1 Å². The minimum Gasteiger partial charge on any atom is -0.462 e. The van der Waals surface area contributed by atoms with E-state index in [0.717, 1.165) is 12.8 Å². The molecule has 0 aromatic heterocycles. The van der Waals surface area contributed by atoms with Crippen LogP contribution in [0.15, 0.2) is 61.2 Å². The van der Waals surface area contributed by atoms with E-state index in [0.29, 0.717) is 30.8 Å². The monoisotopic (exact) mass is 388 g/mol. The van der Waals surface area contributed by atoms with Gasteiger partial charge in [-0.25, -0.2) is 9.59 Å². The van der Waals surface area contributed by atoms with Crippen LogP contribution in [0.5, 0.6) is 0 Å². The molecule has 0 atom stereocenters. The molecule has 1 aromatic carbocycles. The van der Waals surface area contributed by atoms with E-state index < -0.39 is 5.97 Å². The van der Waals surface area contributed by atoms with Gasteiger partial charge in [0, 0.05) is 17.6 Å². The lowest BCUT2D eigenvalue weighted by atomic mass is 10.2. The molecule has 0 aliphatic rings. The van der Waals surface area contributed by atoms with Crippen molar-refractivity contribution in [3.63, 3.8) is 0 Å². The van der Waals surface area contributed by atoms with E-state index in [1.807, 2.05) is 43.3 Å². The summed E-state index contributed by atoms with van der Waals surface area (Å²) in [4.78, 5) is 22.5. The Balaban J connectivity index is 0.000000749. The van der Waals surface area contributed by atoms with Crippen LogP contribution in [-0.4, -0.2) is 38.4 Å². The van der Waals surface area contributed by atoms with Crippen molar-refractivity contribution < 1.29 is 23.8 Å². The highest BCUT2D eigenvalue weighted by Crippen LogP contribution is 2.03. The number of carbonyl (C=O) groups excluding carboxylic acids is 2. The van der Waals surface area contributed by atoms with E-state index in [4.69, 9.17) is 14.2 Å². The quantitative estimate of drug-likeness (QED) is 0.294. The van der Waals surface area contributed by atoms with E-state index in [1.165, 1.54) is 5.56 Å². The molecule has 0 spiro atoms. The van der Waals surface area contributed by atoms with Gasteiger partial charge in [0.05, 0.1) is 19.8 Å². The van der Waals surface area contributed by atoms with E-state index in [-0.39, 0.29) is 19.2 Å². The molecule has 0 fully saturated rings. The van der Waals surface area contributed by atoms with Crippen LogP contribution in [0.1, 0.15) is 38.7 Å². The van der Waals surface area contributed by atoms with Gasteiger partial charge in [-0.05, 0) is 18.9 Å². The Morgan fingerprint density at radius 3 is 2.14 bits per heavy atom. The fraction of sp³-hybridized carbons (Fsp3) is 0.391. The molecule has 0 amide bonds. The maximum Gasteiger partial charge on any atom is 0.333 e. The fourth-order valence-corrected chi connectivity index (χ4v) is 1.72. The number of benzene rings is 1. The third-order valence-corrected chi connectivity index (χ3v) is 3.41. The summed E-state index contributed by atoms with van der Waals surface area (Å²) >= 11 is 0. The third-order valence-electron chi connectivity index (χ3n) is 3.41. The predicted octanol–water partition coefficient (Wildman–Crippen LogP) is 4.74. The summed E-state index contributed by atoms with van der Waals surface area (Å²) < 4.78 is 15.1. The Bertz CT molecular complexity index is 619. The lowest BCUT2D eigenvalue weighted by Crippen LogP contribution is -2.13. The molecule has 0 saturated heterocycles. The standard InChI is InChI=1S/C15H24O5.C8H8/c1-5-6-8-19-15(17)13(4)7-9-18-10-11-20-14(16)12(2)3;1-2-8-6-4-3-5-7-8/h2,4-11H2,1,3H3;2-7H,1H2. The number of rotatable bonds is 12. The lowest BCUT2D eigenvalue weighted by molar-refractivity contribution is -0.140. The van der Waals surface area contributed by atoms with E-state index in [9.17, 15) is 9.59 Å². The van der Waals surface area contributed by atoms with Crippen LogP contribution in [0.4, 0.5) is 0 Å². The van der Waals surface area contributed by atoms with Crippen LogP contribution in [0.2, 0.25) is 0 Å². The van der Waals surface area contributed by atoms with Gasteiger partial charge in [-0.3, -0.25) is 0 Å². The molecule has 1 rings (SSSR count). The zero-order valence-corrected chi connectivity index (χ0v) is 17.1. The predicted molar refractivity (Wildman–Crippen MR) is 113 cm³/mol. The number of esters is 2. The molecule has 0 saturated carbocycles. The lowest BCUT2D eigenvalue weighted by Gasteiger charge is -2.08. The number of hydrogen-bond acceptors (Lipinski definition) is 5. The molecule has 0 aliphatic carbocycles. The maximum atomic E-state index is 11.4. The van der Waals surface area contributed by atoms with Gasteiger partial charge in [-0.15, -0.1) is 0 Å². The molecule has 5 nitrogen and oxygen atoms in total. The SMILES string of the molecule is C=C(C)C(=O)OCCOCCC(=C)C(=O)OCCCC.C=Cc1ccccc1. The molecule has 0 unspecified atom stereocenters. The Labute approximate surface area is 168 Å². The second kappa shape index (κ2) is 16.5. The van der Waals surface area contributed by atoms with Gasteiger partial charge in [0.2, 0.25) is 0 Å². The molecule has 0 radical (unpaired) electrons. The molecule has 0 bridgehead atoms. The molecule has 0 heterocycles. The van der Waals surface area contributed by atoms with Gasteiger partial charge in [-0.2, -0.15) is 0 Å². The van der Waals surface area contributed by atoms with Gasteiger partial charge in [0.15, 0.2) is 0 Å². The minimum atomic E-state index is -0.433. The Morgan fingerprint density at radius 1 is 0.964 bits per heavy atom. The van der Waals surface area contributed by atoms with Crippen LogP contribution in [0.3, 0.4) is 0 Å². The minimum absolute atomic E-state index is 0.166. The summed E-state index contributed by atoms with van der Waals surface area (Å²) in [6, 6.07) is 10.0. The summed E-state index contributed by atoms with van der Waals surface area (Å²) in [5.41, 5.74) is 1.92. The van der Waals surface area contributed by atoms with Crippen LogP contribution < -0.4 is 0 Å². The molecule has 0 N–H and O–H groups in total. The first kappa shape index (κ1) is 25.3. The second-order valence-corrected chi connectivity index (χ2v) is 5.99. The number of carbonyl (C=O) groups is 2. The van der Waals surface area contributed by atoms with E-state index >= 15 is 0 Å². The Kier molecular flexibility index (Phi) is 14.9. The van der Waals surface area contributed by atoms with Gasteiger partial charge < -0.3 is 14.2 Å².